The zero-order valence-electron chi connectivity index (χ0n) is 7.81. The zero-order chi connectivity index (χ0) is 8.44. The third kappa shape index (κ3) is 1.49. The molecule has 0 aromatic carbocycles. The van der Waals surface area contributed by atoms with Crippen molar-refractivity contribution < 1.29 is 4.74 Å². The number of nitrogens with one attached hydrogen (secondary N) is 1. The second-order valence-electron chi connectivity index (χ2n) is 3.89. The fourth-order valence-corrected chi connectivity index (χ4v) is 2.10. The van der Waals surface area contributed by atoms with E-state index in [1.165, 1.54) is 25.9 Å². The van der Waals surface area contributed by atoms with E-state index in [1.54, 1.807) is 0 Å². The van der Waals surface area contributed by atoms with Crippen molar-refractivity contribution in [1.29, 1.82) is 0 Å². The van der Waals surface area contributed by atoms with Gasteiger partial charge in [0, 0.05) is 38.8 Å². The predicted octanol–water partition coefficient (Wildman–Crippen LogP) is 0.0706. The Morgan fingerprint density at radius 1 is 1.33 bits per heavy atom. The van der Waals surface area contributed by atoms with E-state index < -0.39 is 0 Å². The first-order valence-corrected chi connectivity index (χ1v) is 4.82. The van der Waals surface area contributed by atoms with E-state index in [2.05, 4.69) is 10.2 Å². The Bertz CT molecular complexity index is 151. The van der Waals surface area contributed by atoms with Crippen LogP contribution in [-0.2, 0) is 4.74 Å². The number of piperazine rings is 1. The summed E-state index contributed by atoms with van der Waals surface area (Å²) in [4.78, 5) is 2.59. The SMILES string of the molecule is COCC1(N2CCNCC2)CC1. The van der Waals surface area contributed by atoms with Crippen LogP contribution in [-0.4, -0.2) is 50.3 Å². The monoisotopic (exact) mass is 170 g/mol. The number of methoxy groups -OCH3 is 1. The molecule has 1 aliphatic carbocycles. The molecule has 0 aromatic heterocycles. The Morgan fingerprint density at radius 2 is 2.00 bits per heavy atom. The van der Waals surface area contributed by atoms with Crippen molar-refractivity contribution in [2.45, 2.75) is 18.4 Å². The van der Waals surface area contributed by atoms with Crippen molar-refractivity contribution in [2.24, 2.45) is 0 Å². The maximum absolute atomic E-state index is 5.26. The van der Waals surface area contributed by atoms with Crippen molar-refractivity contribution in [3.63, 3.8) is 0 Å². The predicted molar refractivity (Wildman–Crippen MR) is 48.3 cm³/mol. The van der Waals surface area contributed by atoms with Crippen molar-refractivity contribution in [2.75, 3.05) is 39.9 Å². The minimum Gasteiger partial charge on any atom is -0.383 e. The molecule has 3 heteroatoms. The quantitative estimate of drug-likeness (QED) is 0.649. The molecule has 1 N–H and O–H groups in total. The van der Waals surface area contributed by atoms with E-state index in [-0.39, 0.29) is 0 Å². The Hall–Kier alpha value is -0.120. The Labute approximate surface area is 74.1 Å². The molecule has 2 rings (SSSR count). The molecule has 1 saturated heterocycles. The molecular weight excluding hydrogens is 152 g/mol. The minimum atomic E-state index is 0.441. The second-order valence-corrected chi connectivity index (χ2v) is 3.89. The Balaban J connectivity index is 1.88. The summed E-state index contributed by atoms with van der Waals surface area (Å²) in [5.74, 6) is 0. The Morgan fingerprint density at radius 3 is 2.50 bits per heavy atom. The molecule has 0 radical (unpaired) electrons. The van der Waals surface area contributed by atoms with Gasteiger partial charge >= 0.3 is 0 Å². The van der Waals surface area contributed by atoms with E-state index in [1.807, 2.05) is 7.11 Å². The number of hydrogen-bond donors (Lipinski definition) is 1. The van der Waals surface area contributed by atoms with Crippen LogP contribution in [0.2, 0.25) is 0 Å². The van der Waals surface area contributed by atoms with Gasteiger partial charge in [0.05, 0.1) is 6.61 Å². The molecular formula is C9H18N2O. The largest absolute Gasteiger partial charge is 0.383 e. The highest BCUT2D eigenvalue weighted by atomic mass is 16.5. The van der Waals surface area contributed by atoms with Gasteiger partial charge in [0.1, 0.15) is 0 Å². The van der Waals surface area contributed by atoms with Gasteiger partial charge < -0.3 is 10.1 Å². The molecule has 0 atom stereocenters. The third-order valence-corrected chi connectivity index (χ3v) is 3.03. The van der Waals surface area contributed by atoms with E-state index in [0.717, 1.165) is 19.7 Å². The highest BCUT2D eigenvalue weighted by Gasteiger charge is 2.47. The normalized spacial score (nSPS) is 28.8. The fraction of sp³-hybridized carbons (Fsp3) is 1.00. The molecule has 0 amide bonds. The van der Waals surface area contributed by atoms with Crippen LogP contribution in [0.5, 0.6) is 0 Å². The summed E-state index contributed by atoms with van der Waals surface area (Å²) in [5.41, 5.74) is 0.441. The summed E-state index contributed by atoms with van der Waals surface area (Å²) in [5, 5.41) is 3.37. The van der Waals surface area contributed by atoms with Crippen LogP contribution in [0.3, 0.4) is 0 Å². The molecule has 2 fully saturated rings. The average molecular weight is 170 g/mol. The van der Waals surface area contributed by atoms with Crippen LogP contribution < -0.4 is 5.32 Å². The number of nitrogens with zero attached hydrogens (tertiary/aromatic N) is 1. The smallest absolute Gasteiger partial charge is 0.0646 e. The standard InChI is InChI=1S/C9H18N2O/c1-12-8-9(2-3-9)11-6-4-10-5-7-11/h10H,2-8H2,1H3. The highest BCUT2D eigenvalue weighted by Crippen LogP contribution is 2.41. The van der Waals surface area contributed by atoms with Gasteiger partial charge in [0.15, 0.2) is 0 Å². The van der Waals surface area contributed by atoms with Gasteiger partial charge in [-0.1, -0.05) is 0 Å². The molecule has 0 unspecified atom stereocenters. The molecule has 0 aromatic rings. The lowest BCUT2D eigenvalue weighted by Gasteiger charge is -2.34. The average Bonchev–Trinajstić information content (AvgIpc) is 2.88. The van der Waals surface area contributed by atoms with Crippen LogP contribution >= 0.6 is 0 Å². The first kappa shape index (κ1) is 8.48. The van der Waals surface area contributed by atoms with Crippen LogP contribution in [0.25, 0.3) is 0 Å². The molecule has 70 valence electrons. The lowest BCUT2D eigenvalue weighted by molar-refractivity contribution is 0.0663. The van der Waals surface area contributed by atoms with E-state index in [0.29, 0.717) is 5.54 Å². The van der Waals surface area contributed by atoms with Gasteiger partial charge in [-0.3, -0.25) is 4.90 Å². The van der Waals surface area contributed by atoms with Gasteiger partial charge in [0.25, 0.3) is 0 Å². The molecule has 1 heterocycles. The maximum Gasteiger partial charge on any atom is 0.0646 e. The minimum absolute atomic E-state index is 0.441. The number of ether oxygens (including phenoxy) is 1. The molecule has 2 aliphatic rings. The van der Waals surface area contributed by atoms with E-state index in [9.17, 15) is 0 Å². The lowest BCUT2D eigenvalue weighted by atomic mass is 10.2. The fourth-order valence-electron chi connectivity index (χ4n) is 2.10. The number of rotatable bonds is 3. The molecule has 0 bridgehead atoms. The summed E-state index contributed by atoms with van der Waals surface area (Å²) < 4.78 is 5.26. The summed E-state index contributed by atoms with van der Waals surface area (Å²) in [6, 6.07) is 0. The van der Waals surface area contributed by atoms with Gasteiger partial charge in [-0.25, -0.2) is 0 Å². The summed E-state index contributed by atoms with van der Waals surface area (Å²) in [6.07, 6.45) is 2.67. The van der Waals surface area contributed by atoms with Crippen LogP contribution in [0, 0.1) is 0 Å². The van der Waals surface area contributed by atoms with Crippen molar-refractivity contribution >= 4 is 0 Å². The lowest BCUT2D eigenvalue weighted by Crippen LogP contribution is -2.51. The van der Waals surface area contributed by atoms with Gasteiger partial charge in [-0.2, -0.15) is 0 Å². The molecule has 1 saturated carbocycles. The van der Waals surface area contributed by atoms with Crippen LogP contribution in [0.1, 0.15) is 12.8 Å². The van der Waals surface area contributed by atoms with Crippen molar-refractivity contribution in [3.05, 3.63) is 0 Å². The van der Waals surface area contributed by atoms with Crippen molar-refractivity contribution in [3.8, 4) is 0 Å². The van der Waals surface area contributed by atoms with Gasteiger partial charge in [-0.05, 0) is 12.8 Å². The number of hydrogen-bond acceptors (Lipinski definition) is 3. The molecule has 1 aliphatic heterocycles. The van der Waals surface area contributed by atoms with E-state index in [4.69, 9.17) is 4.74 Å². The van der Waals surface area contributed by atoms with Crippen LogP contribution in [0.15, 0.2) is 0 Å². The van der Waals surface area contributed by atoms with Gasteiger partial charge in [0.2, 0.25) is 0 Å². The molecule has 0 spiro atoms. The summed E-state index contributed by atoms with van der Waals surface area (Å²) in [6.45, 7) is 5.61. The Kier molecular flexibility index (Phi) is 2.35. The summed E-state index contributed by atoms with van der Waals surface area (Å²) >= 11 is 0. The maximum atomic E-state index is 5.26. The molecule has 3 nitrogen and oxygen atoms in total. The zero-order valence-corrected chi connectivity index (χ0v) is 7.81. The van der Waals surface area contributed by atoms with Crippen molar-refractivity contribution in [1.82, 2.24) is 10.2 Å². The highest BCUT2D eigenvalue weighted by molar-refractivity contribution is 5.04. The molecule has 12 heavy (non-hydrogen) atoms. The topological polar surface area (TPSA) is 24.5 Å². The van der Waals surface area contributed by atoms with Gasteiger partial charge in [-0.15, -0.1) is 0 Å². The van der Waals surface area contributed by atoms with E-state index >= 15 is 0 Å². The summed E-state index contributed by atoms with van der Waals surface area (Å²) in [7, 11) is 1.81. The van der Waals surface area contributed by atoms with Crippen LogP contribution in [0.4, 0.5) is 0 Å². The third-order valence-electron chi connectivity index (χ3n) is 3.03. The first-order valence-electron chi connectivity index (χ1n) is 4.82. The second kappa shape index (κ2) is 3.32. The first-order chi connectivity index (χ1) is 5.87.